The number of anilines is 1. The zero-order valence-electron chi connectivity index (χ0n) is 17.7. The maximum Gasteiger partial charge on any atom is 0.238 e. The fraction of sp³-hybridized carbons (Fsp3) is 0.458. The lowest BCUT2D eigenvalue weighted by Crippen LogP contribution is -2.48. The van der Waals surface area contributed by atoms with Gasteiger partial charge in [0.1, 0.15) is 0 Å². The van der Waals surface area contributed by atoms with E-state index < -0.39 is 0 Å². The van der Waals surface area contributed by atoms with Gasteiger partial charge in [0.15, 0.2) is 0 Å². The Hall–Kier alpha value is -2.17. The molecule has 0 saturated carbocycles. The highest BCUT2D eigenvalue weighted by atomic mass is 16.2. The van der Waals surface area contributed by atoms with Crippen LogP contribution < -0.4 is 5.32 Å². The second-order valence-electron chi connectivity index (χ2n) is 8.28. The topological polar surface area (TPSA) is 35.6 Å². The average Bonchev–Trinajstić information content (AvgIpc) is 2.65. The molecule has 0 unspecified atom stereocenters. The van der Waals surface area contributed by atoms with E-state index in [2.05, 4.69) is 85.3 Å². The minimum Gasteiger partial charge on any atom is -0.324 e. The van der Waals surface area contributed by atoms with Crippen molar-refractivity contribution in [3.8, 4) is 0 Å². The van der Waals surface area contributed by atoms with Crippen LogP contribution in [-0.2, 0) is 11.3 Å². The third-order valence-corrected chi connectivity index (χ3v) is 5.51. The van der Waals surface area contributed by atoms with Crippen LogP contribution in [0.3, 0.4) is 0 Å². The van der Waals surface area contributed by atoms with Crippen molar-refractivity contribution in [3.05, 3.63) is 64.7 Å². The number of hydrogen-bond donors (Lipinski definition) is 1. The molecule has 1 heterocycles. The van der Waals surface area contributed by atoms with Crippen LogP contribution in [0.4, 0.5) is 5.69 Å². The molecule has 0 spiro atoms. The number of para-hydroxylation sites is 1. The molecule has 2 aromatic rings. The van der Waals surface area contributed by atoms with Crippen LogP contribution >= 0.6 is 0 Å². The lowest BCUT2D eigenvalue weighted by molar-refractivity contribution is -0.117. The normalized spacial score (nSPS) is 15.8. The molecule has 1 saturated heterocycles. The van der Waals surface area contributed by atoms with Gasteiger partial charge in [0.25, 0.3) is 0 Å². The first-order valence-corrected chi connectivity index (χ1v) is 10.3. The van der Waals surface area contributed by atoms with Gasteiger partial charge in [0, 0.05) is 38.4 Å². The molecule has 0 aliphatic carbocycles. The number of carbonyl (C=O) groups is 1. The van der Waals surface area contributed by atoms with E-state index in [1.807, 2.05) is 0 Å². The predicted octanol–water partition coefficient (Wildman–Crippen LogP) is 4.18. The van der Waals surface area contributed by atoms with E-state index in [-0.39, 0.29) is 5.91 Å². The van der Waals surface area contributed by atoms with Gasteiger partial charge in [-0.15, -0.1) is 0 Å². The van der Waals surface area contributed by atoms with Gasteiger partial charge in [-0.1, -0.05) is 61.9 Å². The van der Waals surface area contributed by atoms with Gasteiger partial charge in [-0.05, 0) is 36.5 Å². The molecule has 0 bridgehead atoms. The number of hydrogen-bond acceptors (Lipinski definition) is 3. The average molecular weight is 380 g/mol. The van der Waals surface area contributed by atoms with Crippen LogP contribution in [-0.4, -0.2) is 48.4 Å². The van der Waals surface area contributed by atoms with E-state index in [4.69, 9.17) is 0 Å². The molecule has 1 aliphatic heterocycles. The molecule has 0 atom stereocenters. The molecule has 1 amide bonds. The first-order valence-electron chi connectivity index (χ1n) is 10.3. The number of piperazine rings is 1. The highest BCUT2D eigenvalue weighted by Crippen LogP contribution is 2.27. The van der Waals surface area contributed by atoms with Gasteiger partial charge < -0.3 is 5.32 Å². The second kappa shape index (κ2) is 9.35. The van der Waals surface area contributed by atoms with Crippen molar-refractivity contribution in [2.24, 2.45) is 0 Å². The Balaban J connectivity index is 1.50. The molecule has 4 heteroatoms. The molecule has 1 fully saturated rings. The monoisotopic (exact) mass is 379 g/mol. The molecule has 2 aromatic carbocycles. The van der Waals surface area contributed by atoms with Crippen LogP contribution in [0.25, 0.3) is 0 Å². The number of amides is 1. The summed E-state index contributed by atoms with van der Waals surface area (Å²) in [6, 6.07) is 15.0. The van der Waals surface area contributed by atoms with Crippen molar-refractivity contribution < 1.29 is 4.79 Å². The van der Waals surface area contributed by atoms with E-state index in [1.54, 1.807) is 0 Å². The summed E-state index contributed by atoms with van der Waals surface area (Å²) in [5.41, 5.74) is 6.00. The maximum atomic E-state index is 12.7. The summed E-state index contributed by atoms with van der Waals surface area (Å²) in [4.78, 5) is 17.4. The van der Waals surface area contributed by atoms with Crippen molar-refractivity contribution in [1.82, 2.24) is 9.80 Å². The third-order valence-electron chi connectivity index (χ3n) is 5.51. The zero-order chi connectivity index (χ0) is 20.1. The standard InChI is InChI=1S/C24H33N3O/c1-18(2)22-10-6-8-20(4)24(22)25-23(28)17-27-13-11-26(12-14-27)16-21-9-5-7-19(3)15-21/h5-10,15,18H,11-14,16-17H2,1-4H3,(H,25,28). The van der Waals surface area contributed by atoms with Crippen LogP contribution in [0.15, 0.2) is 42.5 Å². The van der Waals surface area contributed by atoms with Crippen molar-refractivity contribution in [3.63, 3.8) is 0 Å². The second-order valence-corrected chi connectivity index (χ2v) is 8.28. The summed E-state index contributed by atoms with van der Waals surface area (Å²) in [5, 5.41) is 3.17. The quantitative estimate of drug-likeness (QED) is 0.818. The lowest BCUT2D eigenvalue weighted by atomic mass is 9.98. The fourth-order valence-corrected chi connectivity index (χ4v) is 3.90. The summed E-state index contributed by atoms with van der Waals surface area (Å²) in [5.74, 6) is 0.476. The van der Waals surface area contributed by atoms with Gasteiger partial charge in [-0.2, -0.15) is 0 Å². The molecule has 0 radical (unpaired) electrons. The van der Waals surface area contributed by atoms with Crippen LogP contribution in [0.5, 0.6) is 0 Å². The smallest absolute Gasteiger partial charge is 0.238 e. The molecule has 150 valence electrons. The van der Waals surface area contributed by atoms with E-state index in [9.17, 15) is 4.79 Å². The fourth-order valence-electron chi connectivity index (χ4n) is 3.90. The number of nitrogens with zero attached hydrogens (tertiary/aromatic N) is 2. The van der Waals surface area contributed by atoms with E-state index in [1.165, 1.54) is 16.7 Å². The molecule has 28 heavy (non-hydrogen) atoms. The summed E-state index contributed by atoms with van der Waals surface area (Å²) >= 11 is 0. The van der Waals surface area contributed by atoms with Gasteiger partial charge in [-0.25, -0.2) is 0 Å². The maximum absolute atomic E-state index is 12.7. The minimum atomic E-state index is 0.0864. The molecule has 1 aliphatic rings. The zero-order valence-corrected chi connectivity index (χ0v) is 17.7. The Kier molecular flexibility index (Phi) is 6.87. The Morgan fingerprint density at radius 2 is 1.68 bits per heavy atom. The minimum absolute atomic E-state index is 0.0864. The summed E-state index contributed by atoms with van der Waals surface area (Å²) in [6.45, 7) is 13.9. The predicted molar refractivity (Wildman–Crippen MR) is 117 cm³/mol. The summed E-state index contributed by atoms with van der Waals surface area (Å²) in [7, 11) is 0. The highest BCUT2D eigenvalue weighted by molar-refractivity contribution is 5.93. The molecular formula is C24H33N3O. The Morgan fingerprint density at radius 1 is 1.00 bits per heavy atom. The Bertz CT molecular complexity index is 807. The number of benzene rings is 2. The number of carbonyl (C=O) groups excluding carboxylic acids is 1. The van der Waals surface area contributed by atoms with Crippen molar-refractivity contribution in [2.45, 2.75) is 40.2 Å². The van der Waals surface area contributed by atoms with E-state index in [0.717, 1.165) is 44.0 Å². The van der Waals surface area contributed by atoms with Gasteiger partial charge in [0.05, 0.1) is 6.54 Å². The Morgan fingerprint density at radius 3 is 2.36 bits per heavy atom. The van der Waals surface area contributed by atoms with Gasteiger partial charge >= 0.3 is 0 Å². The van der Waals surface area contributed by atoms with Crippen LogP contribution in [0.2, 0.25) is 0 Å². The summed E-state index contributed by atoms with van der Waals surface area (Å²) in [6.07, 6.45) is 0. The van der Waals surface area contributed by atoms with E-state index in [0.29, 0.717) is 12.5 Å². The van der Waals surface area contributed by atoms with E-state index >= 15 is 0 Å². The van der Waals surface area contributed by atoms with Crippen molar-refractivity contribution in [1.29, 1.82) is 0 Å². The SMILES string of the molecule is Cc1cccc(CN2CCN(CC(=O)Nc3c(C)cccc3C(C)C)CC2)c1. The van der Waals surface area contributed by atoms with Crippen molar-refractivity contribution >= 4 is 11.6 Å². The van der Waals surface area contributed by atoms with Crippen molar-refractivity contribution in [2.75, 3.05) is 38.0 Å². The highest BCUT2D eigenvalue weighted by Gasteiger charge is 2.20. The third kappa shape index (κ3) is 5.43. The van der Waals surface area contributed by atoms with Crippen LogP contribution in [0, 0.1) is 13.8 Å². The Labute approximate surface area is 169 Å². The largest absolute Gasteiger partial charge is 0.324 e. The number of nitrogens with one attached hydrogen (secondary N) is 1. The van der Waals surface area contributed by atoms with Gasteiger partial charge in [0.2, 0.25) is 5.91 Å². The molecule has 3 rings (SSSR count). The van der Waals surface area contributed by atoms with Crippen LogP contribution in [0.1, 0.15) is 42.0 Å². The first-order chi connectivity index (χ1) is 13.4. The molecule has 4 nitrogen and oxygen atoms in total. The van der Waals surface area contributed by atoms with Gasteiger partial charge in [-0.3, -0.25) is 14.6 Å². The first kappa shape index (κ1) is 20.6. The summed E-state index contributed by atoms with van der Waals surface area (Å²) < 4.78 is 0. The number of rotatable bonds is 6. The molecule has 1 N–H and O–H groups in total. The molecular weight excluding hydrogens is 346 g/mol. The lowest BCUT2D eigenvalue weighted by Gasteiger charge is -2.34. The number of aryl methyl sites for hydroxylation is 2. The molecule has 0 aromatic heterocycles.